The maximum atomic E-state index is 11.9. The van der Waals surface area contributed by atoms with Crippen molar-refractivity contribution >= 4 is 16.2 Å². The molecule has 1 heterocycles. The van der Waals surface area contributed by atoms with Gasteiger partial charge in [0.1, 0.15) is 0 Å². The van der Waals surface area contributed by atoms with E-state index in [9.17, 15) is 13.2 Å². The van der Waals surface area contributed by atoms with Crippen LogP contribution in [0.3, 0.4) is 0 Å². The zero-order valence-electron chi connectivity index (χ0n) is 11.3. The Morgan fingerprint density at radius 2 is 2.16 bits per heavy atom. The highest BCUT2D eigenvalue weighted by molar-refractivity contribution is 7.87. The summed E-state index contributed by atoms with van der Waals surface area (Å²) < 4.78 is 32.7. The largest absolute Gasteiger partial charge is 0.479 e. The highest BCUT2D eigenvalue weighted by Crippen LogP contribution is 2.19. The van der Waals surface area contributed by atoms with Gasteiger partial charge in [0.2, 0.25) is 0 Å². The summed E-state index contributed by atoms with van der Waals surface area (Å²) in [4.78, 5) is 10.7. The van der Waals surface area contributed by atoms with Crippen LogP contribution in [0.1, 0.15) is 32.6 Å². The summed E-state index contributed by atoms with van der Waals surface area (Å²) in [6, 6.07) is 0. The number of unbranched alkanes of at least 4 members (excludes halogenated alkanes) is 1. The van der Waals surface area contributed by atoms with E-state index in [-0.39, 0.29) is 12.6 Å². The second-order valence-corrected chi connectivity index (χ2v) is 6.55. The predicted octanol–water partition coefficient (Wildman–Crippen LogP) is 0.185. The van der Waals surface area contributed by atoms with Crippen LogP contribution in [0.15, 0.2) is 0 Å². The molecule has 2 atom stereocenters. The third kappa shape index (κ3) is 5.06. The van der Waals surface area contributed by atoms with Gasteiger partial charge in [-0.2, -0.15) is 17.4 Å². The van der Waals surface area contributed by atoms with Crippen LogP contribution < -0.4 is 4.72 Å². The van der Waals surface area contributed by atoms with Crippen molar-refractivity contribution in [2.75, 3.05) is 20.1 Å². The summed E-state index contributed by atoms with van der Waals surface area (Å²) in [6.07, 6.45) is 1.53. The number of aliphatic carboxylic acids is 1. The molecule has 0 aromatic carbocycles. The summed E-state index contributed by atoms with van der Waals surface area (Å²) in [6.45, 7) is 2.57. The molecule has 0 saturated carbocycles. The van der Waals surface area contributed by atoms with Crippen LogP contribution in [-0.2, 0) is 19.7 Å². The number of carboxylic acid groups (broad SMARTS) is 1. The minimum atomic E-state index is -3.50. The van der Waals surface area contributed by atoms with Gasteiger partial charge in [-0.15, -0.1) is 0 Å². The number of nitrogens with zero attached hydrogens (tertiary/aromatic N) is 1. The van der Waals surface area contributed by atoms with Crippen molar-refractivity contribution in [1.29, 1.82) is 0 Å². The maximum Gasteiger partial charge on any atom is 0.332 e. The number of hydrogen-bond donors (Lipinski definition) is 2. The molecule has 1 aliphatic rings. The van der Waals surface area contributed by atoms with E-state index in [1.54, 1.807) is 0 Å². The third-order valence-corrected chi connectivity index (χ3v) is 4.65. The van der Waals surface area contributed by atoms with Gasteiger partial charge in [-0.1, -0.05) is 13.3 Å². The van der Waals surface area contributed by atoms with E-state index < -0.39 is 22.3 Å². The normalized spacial score (nSPS) is 23.9. The van der Waals surface area contributed by atoms with E-state index in [4.69, 9.17) is 9.84 Å². The lowest BCUT2D eigenvalue weighted by Crippen LogP contribution is -2.42. The molecule has 2 unspecified atom stereocenters. The molecule has 2 N–H and O–H groups in total. The fourth-order valence-electron chi connectivity index (χ4n) is 1.85. The minimum absolute atomic E-state index is 0.114. The van der Waals surface area contributed by atoms with E-state index >= 15 is 0 Å². The third-order valence-electron chi connectivity index (χ3n) is 3.11. The molecule has 0 aromatic heterocycles. The molecule has 0 aromatic rings. The molecule has 0 amide bonds. The molecule has 112 valence electrons. The van der Waals surface area contributed by atoms with Gasteiger partial charge in [-0.05, 0) is 19.3 Å². The molecular weight excluding hydrogens is 272 g/mol. The molecule has 1 saturated heterocycles. The Labute approximate surface area is 114 Å². The molecule has 1 rings (SSSR count). The van der Waals surface area contributed by atoms with Crippen LogP contribution in [0.25, 0.3) is 0 Å². The number of rotatable bonds is 8. The zero-order valence-corrected chi connectivity index (χ0v) is 12.1. The summed E-state index contributed by atoms with van der Waals surface area (Å²) in [5, 5.41) is 8.77. The first kappa shape index (κ1) is 16.4. The van der Waals surface area contributed by atoms with Crippen molar-refractivity contribution in [2.45, 2.75) is 44.8 Å². The highest BCUT2D eigenvalue weighted by Gasteiger charge is 2.31. The lowest BCUT2D eigenvalue weighted by molar-refractivity contribution is -0.149. The monoisotopic (exact) mass is 294 g/mol. The van der Waals surface area contributed by atoms with Gasteiger partial charge in [0.05, 0.1) is 6.10 Å². The number of carboxylic acids is 1. The smallest absolute Gasteiger partial charge is 0.332 e. The zero-order chi connectivity index (χ0) is 14.5. The molecule has 0 aliphatic carbocycles. The van der Waals surface area contributed by atoms with Crippen LogP contribution in [-0.4, -0.2) is 56.1 Å². The van der Waals surface area contributed by atoms with Gasteiger partial charge in [0, 0.05) is 20.1 Å². The average molecular weight is 294 g/mol. The fourth-order valence-corrected chi connectivity index (χ4v) is 2.83. The molecule has 0 radical (unpaired) electrons. The average Bonchev–Trinajstić information content (AvgIpc) is 2.82. The Morgan fingerprint density at radius 1 is 1.47 bits per heavy atom. The van der Waals surface area contributed by atoms with Crippen molar-refractivity contribution in [2.24, 2.45) is 0 Å². The Hall–Kier alpha value is -0.700. The minimum Gasteiger partial charge on any atom is -0.479 e. The van der Waals surface area contributed by atoms with Gasteiger partial charge < -0.3 is 9.84 Å². The van der Waals surface area contributed by atoms with Crippen LogP contribution in [0.5, 0.6) is 0 Å². The van der Waals surface area contributed by atoms with Crippen molar-refractivity contribution in [3.05, 3.63) is 0 Å². The molecule has 0 spiro atoms. The summed E-state index contributed by atoms with van der Waals surface area (Å²) in [5.41, 5.74) is 0. The van der Waals surface area contributed by atoms with E-state index in [0.717, 1.165) is 12.8 Å². The number of ether oxygens (including phenoxy) is 1. The van der Waals surface area contributed by atoms with Gasteiger partial charge in [0.25, 0.3) is 10.2 Å². The number of carbonyl (C=O) groups is 1. The molecule has 0 bridgehead atoms. The van der Waals surface area contributed by atoms with E-state index in [0.29, 0.717) is 19.4 Å². The van der Waals surface area contributed by atoms with E-state index in [1.807, 2.05) is 6.92 Å². The lowest BCUT2D eigenvalue weighted by atomic mass is 10.2. The summed E-state index contributed by atoms with van der Waals surface area (Å²) in [5.74, 6) is -0.995. The quantitative estimate of drug-likeness (QED) is 0.666. The Morgan fingerprint density at radius 3 is 2.68 bits per heavy atom. The Balaban J connectivity index is 2.37. The van der Waals surface area contributed by atoms with Gasteiger partial charge in [-0.3, -0.25) is 0 Å². The number of hydrogen-bond acceptors (Lipinski definition) is 4. The SMILES string of the molecule is CCCCN(C)S(=O)(=O)NCC1CCC(C(=O)O)O1. The van der Waals surface area contributed by atoms with Crippen LogP contribution in [0.2, 0.25) is 0 Å². The molecule has 1 fully saturated rings. The lowest BCUT2D eigenvalue weighted by Gasteiger charge is -2.19. The molecular formula is C11H22N2O5S. The second-order valence-electron chi connectivity index (χ2n) is 4.69. The molecule has 1 aliphatic heterocycles. The first-order valence-electron chi connectivity index (χ1n) is 6.46. The first-order valence-corrected chi connectivity index (χ1v) is 7.90. The second kappa shape index (κ2) is 7.18. The van der Waals surface area contributed by atoms with Crippen LogP contribution >= 0.6 is 0 Å². The van der Waals surface area contributed by atoms with Crippen molar-refractivity contribution in [3.63, 3.8) is 0 Å². The standard InChI is InChI=1S/C11H22N2O5S/c1-3-4-7-13(2)19(16,17)12-8-9-5-6-10(18-9)11(14)15/h9-10,12H,3-8H2,1-2H3,(H,14,15). The highest BCUT2D eigenvalue weighted by atomic mass is 32.2. The topological polar surface area (TPSA) is 95.9 Å². The first-order chi connectivity index (χ1) is 8.86. The van der Waals surface area contributed by atoms with Crippen molar-refractivity contribution in [3.8, 4) is 0 Å². The van der Waals surface area contributed by atoms with Gasteiger partial charge >= 0.3 is 5.97 Å². The Bertz CT molecular complexity index is 398. The fraction of sp³-hybridized carbons (Fsp3) is 0.909. The predicted molar refractivity (Wildman–Crippen MR) is 70.0 cm³/mol. The van der Waals surface area contributed by atoms with Crippen LogP contribution in [0.4, 0.5) is 0 Å². The van der Waals surface area contributed by atoms with E-state index in [1.165, 1.54) is 11.4 Å². The van der Waals surface area contributed by atoms with Crippen molar-refractivity contribution < 1.29 is 23.1 Å². The molecule has 7 nitrogen and oxygen atoms in total. The molecule has 8 heteroatoms. The Kier molecular flexibility index (Phi) is 6.18. The molecule has 19 heavy (non-hydrogen) atoms. The summed E-state index contributed by atoms with van der Waals surface area (Å²) >= 11 is 0. The van der Waals surface area contributed by atoms with Gasteiger partial charge in [0.15, 0.2) is 6.10 Å². The summed E-state index contributed by atoms with van der Waals surface area (Å²) in [7, 11) is -1.98. The van der Waals surface area contributed by atoms with Gasteiger partial charge in [-0.25, -0.2) is 4.79 Å². The maximum absolute atomic E-state index is 11.9. The van der Waals surface area contributed by atoms with Crippen molar-refractivity contribution in [1.82, 2.24) is 9.03 Å². The number of nitrogens with one attached hydrogen (secondary N) is 1. The van der Waals surface area contributed by atoms with E-state index in [2.05, 4.69) is 4.72 Å². The van der Waals surface area contributed by atoms with Crippen LogP contribution in [0, 0.1) is 0 Å².